The highest BCUT2D eigenvalue weighted by molar-refractivity contribution is 7.99. The summed E-state index contributed by atoms with van der Waals surface area (Å²) in [7, 11) is 0. The molecule has 1 unspecified atom stereocenters. The van der Waals surface area contributed by atoms with Gasteiger partial charge in [0.15, 0.2) is 0 Å². The van der Waals surface area contributed by atoms with Gasteiger partial charge in [-0.25, -0.2) is 4.79 Å². The summed E-state index contributed by atoms with van der Waals surface area (Å²) in [6.45, 7) is 5.30. The Hall–Kier alpha value is -2.92. The highest BCUT2D eigenvalue weighted by Crippen LogP contribution is 2.42. The van der Waals surface area contributed by atoms with Crippen LogP contribution < -0.4 is 10.1 Å². The molecule has 0 aliphatic carbocycles. The Balaban J connectivity index is 1.52. The van der Waals surface area contributed by atoms with E-state index in [9.17, 15) is 4.79 Å². The van der Waals surface area contributed by atoms with Crippen molar-refractivity contribution in [3.8, 4) is 5.75 Å². The third-order valence-electron chi connectivity index (χ3n) is 5.42. The summed E-state index contributed by atoms with van der Waals surface area (Å²) >= 11 is 1.77. The molecule has 1 atom stereocenters. The molecule has 154 valence electrons. The van der Waals surface area contributed by atoms with Crippen LogP contribution in [0.15, 0.2) is 72.8 Å². The number of thioether (sulfide) groups is 1. The number of nitrogens with one attached hydrogen (secondary N) is 1. The number of nitrogens with zero attached hydrogens (tertiary/aromatic N) is 1. The van der Waals surface area contributed by atoms with Gasteiger partial charge in [0.05, 0.1) is 0 Å². The Labute approximate surface area is 182 Å². The van der Waals surface area contributed by atoms with Crippen LogP contribution in [-0.4, -0.2) is 23.2 Å². The van der Waals surface area contributed by atoms with Crippen molar-refractivity contribution in [3.05, 3.63) is 95.1 Å². The van der Waals surface area contributed by atoms with E-state index in [1.807, 2.05) is 60.4 Å². The van der Waals surface area contributed by atoms with Gasteiger partial charge in [0.1, 0.15) is 17.7 Å². The standard InChI is InChI=1S/C25H26N2O2S/c1-18-9-8-13-22(19(18)2)26-25(28)27-15-16-30-24(27)21-12-6-7-14-23(21)29-17-20-10-4-3-5-11-20/h3-14,24H,15-17H2,1-2H3,(H,26,28). The van der Waals surface area contributed by atoms with Crippen LogP contribution in [-0.2, 0) is 6.61 Å². The van der Waals surface area contributed by atoms with Gasteiger partial charge in [-0.2, -0.15) is 0 Å². The molecule has 1 N–H and O–H groups in total. The van der Waals surface area contributed by atoms with E-state index in [1.165, 1.54) is 5.56 Å². The summed E-state index contributed by atoms with van der Waals surface area (Å²) in [5, 5.41) is 3.04. The number of hydrogen-bond donors (Lipinski definition) is 1. The Kier molecular flexibility index (Phi) is 6.29. The molecule has 0 aromatic heterocycles. The monoisotopic (exact) mass is 418 g/mol. The van der Waals surface area contributed by atoms with Crippen molar-refractivity contribution in [2.24, 2.45) is 0 Å². The van der Waals surface area contributed by atoms with Gasteiger partial charge in [0.25, 0.3) is 0 Å². The summed E-state index contributed by atoms with van der Waals surface area (Å²) < 4.78 is 6.15. The Bertz CT molecular complexity index is 1020. The maximum atomic E-state index is 13.1. The molecule has 1 aliphatic heterocycles. The minimum Gasteiger partial charge on any atom is -0.489 e. The topological polar surface area (TPSA) is 41.6 Å². The molecule has 1 heterocycles. The van der Waals surface area contributed by atoms with E-state index in [2.05, 4.69) is 36.5 Å². The first-order valence-electron chi connectivity index (χ1n) is 10.1. The predicted molar refractivity (Wildman–Crippen MR) is 124 cm³/mol. The fourth-order valence-corrected chi connectivity index (χ4v) is 4.84. The average molecular weight is 419 g/mol. The molecule has 0 spiro atoms. The fraction of sp³-hybridized carbons (Fsp3) is 0.240. The number of anilines is 1. The Morgan fingerprint density at radius 1 is 1.03 bits per heavy atom. The van der Waals surface area contributed by atoms with Crippen molar-refractivity contribution in [2.45, 2.75) is 25.8 Å². The molecule has 0 bridgehead atoms. The number of para-hydroxylation sites is 1. The van der Waals surface area contributed by atoms with E-state index in [1.54, 1.807) is 11.8 Å². The van der Waals surface area contributed by atoms with Crippen LogP contribution in [0.4, 0.5) is 10.5 Å². The molecule has 4 nitrogen and oxygen atoms in total. The largest absolute Gasteiger partial charge is 0.489 e. The molecule has 3 aromatic rings. The van der Waals surface area contributed by atoms with Gasteiger partial charge >= 0.3 is 6.03 Å². The van der Waals surface area contributed by atoms with Crippen LogP contribution in [0.25, 0.3) is 0 Å². The Morgan fingerprint density at radius 3 is 2.63 bits per heavy atom. The molecular weight excluding hydrogens is 392 g/mol. The van der Waals surface area contributed by atoms with Gasteiger partial charge in [0, 0.05) is 23.5 Å². The van der Waals surface area contributed by atoms with E-state index in [4.69, 9.17) is 4.74 Å². The first-order chi connectivity index (χ1) is 14.6. The van der Waals surface area contributed by atoms with Crippen molar-refractivity contribution in [3.63, 3.8) is 0 Å². The molecule has 0 radical (unpaired) electrons. The lowest BCUT2D eigenvalue weighted by Crippen LogP contribution is -2.34. The SMILES string of the molecule is Cc1cccc(NC(=O)N2CCSC2c2ccccc2OCc2ccccc2)c1C. The van der Waals surface area contributed by atoms with Crippen LogP contribution >= 0.6 is 11.8 Å². The van der Waals surface area contributed by atoms with E-state index >= 15 is 0 Å². The van der Waals surface area contributed by atoms with Gasteiger partial charge in [-0.05, 0) is 42.7 Å². The quantitative estimate of drug-likeness (QED) is 0.539. The van der Waals surface area contributed by atoms with Crippen molar-refractivity contribution >= 4 is 23.5 Å². The fourth-order valence-electron chi connectivity index (χ4n) is 3.56. The maximum absolute atomic E-state index is 13.1. The minimum absolute atomic E-state index is 0.0675. The van der Waals surface area contributed by atoms with Gasteiger partial charge in [-0.1, -0.05) is 60.7 Å². The summed E-state index contributed by atoms with van der Waals surface area (Å²) in [4.78, 5) is 15.0. The maximum Gasteiger partial charge on any atom is 0.323 e. The zero-order valence-electron chi connectivity index (χ0n) is 17.3. The number of rotatable bonds is 5. The lowest BCUT2D eigenvalue weighted by Gasteiger charge is -2.26. The molecular formula is C25H26N2O2S. The van der Waals surface area contributed by atoms with E-state index < -0.39 is 0 Å². The zero-order valence-corrected chi connectivity index (χ0v) is 18.1. The molecule has 1 fully saturated rings. The van der Waals surface area contributed by atoms with Gasteiger partial charge in [-0.3, -0.25) is 0 Å². The molecule has 0 saturated carbocycles. The summed E-state index contributed by atoms with van der Waals surface area (Å²) in [6.07, 6.45) is 0. The number of aryl methyl sites for hydroxylation is 1. The summed E-state index contributed by atoms with van der Waals surface area (Å²) in [5.74, 6) is 1.73. The zero-order chi connectivity index (χ0) is 20.9. The van der Waals surface area contributed by atoms with Crippen LogP contribution in [0.5, 0.6) is 5.75 Å². The highest BCUT2D eigenvalue weighted by Gasteiger charge is 2.32. The van der Waals surface area contributed by atoms with Crippen molar-refractivity contribution in [1.82, 2.24) is 4.90 Å². The third-order valence-corrected chi connectivity index (χ3v) is 6.66. The number of benzene rings is 3. The predicted octanol–water partition coefficient (Wildman–Crippen LogP) is 6.16. The third kappa shape index (κ3) is 4.46. The number of amides is 2. The number of carbonyl (C=O) groups is 1. The second-order valence-corrected chi connectivity index (χ2v) is 8.59. The van der Waals surface area contributed by atoms with Crippen LogP contribution in [0.2, 0.25) is 0 Å². The van der Waals surface area contributed by atoms with Gasteiger partial charge < -0.3 is 15.0 Å². The lowest BCUT2D eigenvalue weighted by molar-refractivity contribution is 0.213. The van der Waals surface area contributed by atoms with Crippen molar-refractivity contribution in [1.29, 1.82) is 0 Å². The second-order valence-electron chi connectivity index (χ2n) is 7.41. The van der Waals surface area contributed by atoms with Crippen molar-refractivity contribution < 1.29 is 9.53 Å². The molecule has 1 aliphatic rings. The van der Waals surface area contributed by atoms with Gasteiger partial charge in [0.2, 0.25) is 0 Å². The van der Waals surface area contributed by atoms with E-state index in [-0.39, 0.29) is 11.4 Å². The Morgan fingerprint density at radius 2 is 1.80 bits per heavy atom. The molecule has 4 rings (SSSR count). The average Bonchev–Trinajstić information content (AvgIpc) is 3.26. The van der Waals surface area contributed by atoms with Crippen LogP contribution in [0.1, 0.15) is 27.6 Å². The molecule has 30 heavy (non-hydrogen) atoms. The van der Waals surface area contributed by atoms with Crippen molar-refractivity contribution in [2.75, 3.05) is 17.6 Å². The lowest BCUT2D eigenvalue weighted by atomic mass is 10.1. The molecule has 3 aromatic carbocycles. The summed E-state index contributed by atoms with van der Waals surface area (Å²) in [5.41, 5.74) is 5.29. The van der Waals surface area contributed by atoms with Crippen LogP contribution in [0.3, 0.4) is 0 Å². The highest BCUT2D eigenvalue weighted by atomic mass is 32.2. The number of carbonyl (C=O) groups excluding carboxylic acids is 1. The second kappa shape index (κ2) is 9.26. The summed E-state index contributed by atoms with van der Waals surface area (Å²) in [6, 6.07) is 24.1. The molecule has 2 amide bonds. The number of urea groups is 1. The first-order valence-corrected chi connectivity index (χ1v) is 11.2. The first kappa shape index (κ1) is 20.4. The minimum atomic E-state index is -0.0726. The number of ether oxygens (including phenoxy) is 1. The molecule has 1 saturated heterocycles. The number of hydrogen-bond acceptors (Lipinski definition) is 3. The van der Waals surface area contributed by atoms with Gasteiger partial charge in [-0.15, -0.1) is 11.8 Å². The molecule has 5 heteroatoms. The normalized spacial score (nSPS) is 15.8. The van der Waals surface area contributed by atoms with Crippen LogP contribution in [0, 0.1) is 13.8 Å². The van der Waals surface area contributed by atoms with E-state index in [0.29, 0.717) is 13.2 Å². The smallest absolute Gasteiger partial charge is 0.323 e. The van der Waals surface area contributed by atoms with E-state index in [0.717, 1.165) is 33.9 Å².